The number of carbonyl (C=O) groups is 2. The minimum atomic E-state index is -0.976. The van der Waals surface area contributed by atoms with E-state index in [1.54, 1.807) is 41.1 Å². The van der Waals surface area contributed by atoms with Crippen molar-refractivity contribution in [1.29, 1.82) is 0 Å². The number of halogens is 2. The van der Waals surface area contributed by atoms with Crippen molar-refractivity contribution < 1.29 is 23.8 Å². The fourth-order valence-electron chi connectivity index (χ4n) is 5.67. The molecule has 0 spiro atoms. The van der Waals surface area contributed by atoms with Crippen molar-refractivity contribution in [2.24, 2.45) is 0 Å². The number of rotatable bonds is 8. The molecule has 224 valence electrons. The van der Waals surface area contributed by atoms with Gasteiger partial charge in [0.25, 0.3) is 5.91 Å². The van der Waals surface area contributed by atoms with E-state index in [4.69, 9.17) is 21.3 Å². The van der Waals surface area contributed by atoms with Crippen LogP contribution in [0.2, 0.25) is 5.02 Å². The molecule has 6 rings (SSSR count). The van der Waals surface area contributed by atoms with Gasteiger partial charge in [0, 0.05) is 45.4 Å². The van der Waals surface area contributed by atoms with E-state index < -0.39 is 11.8 Å². The maximum absolute atomic E-state index is 14.9. The molecular weight excluding hydrogens is 573 g/mol. The van der Waals surface area contributed by atoms with Crippen LogP contribution in [0.5, 0.6) is 0 Å². The number of nitrogens with zero attached hydrogens (tertiary/aromatic N) is 5. The Bertz CT molecular complexity index is 1700. The molecule has 1 amide bonds. The normalized spacial score (nSPS) is 17.2. The molecule has 2 fully saturated rings. The molecule has 2 aliphatic rings. The largest absolute Gasteiger partial charge is 0.478 e. The molecule has 2 saturated heterocycles. The van der Waals surface area contributed by atoms with Crippen LogP contribution in [0.15, 0.2) is 54.6 Å². The van der Waals surface area contributed by atoms with Crippen molar-refractivity contribution >= 4 is 45.9 Å². The van der Waals surface area contributed by atoms with Crippen LogP contribution in [0.4, 0.5) is 15.8 Å². The molecule has 1 N–H and O–H groups in total. The third kappa shape index (κ3) is 5.95. The van der Waals surface area contributed by atoms with Gasteiger partial charge in [0.05, 0.1) is 52.2 Å². The number of hydrogen-bond acceptors (Lipinski definition) is 6. The topological polar surface area (TPSA) is 91.1 Å². The predicted molar refractivity (Wildman–Crippen MR) is 163 cm³/mol. The first-order valence-corrected chi connectivity index (χ1v) is 14.7. The van der Waals surface area contributed by atoms with E-state index in [2.05, 4.69) is 9.47 Å². The van der Waals surface area contributed by atoms with Crippen LogP contribution < -0.4 is 4.90 Å². The number of aromatic carboxylic acids is 1. The summed E-state index contributed by atoms with van der Waals surface area (Å²) in [5.74, 6) is -0.726. The molecule has 4 aromatic rings. The number of piperazine rings is 1. The minimum absolute atomic E-state index is 0.0841. The number of imidazole rings is 1. The summed E-state index contributed by atoms with van der Waals surface area (Å²) in [5, 5.41) is 10.0. The lowest BCUT2D eigenvalue weighted by molar-refractivity contribution is -0.0592. The summed E-state index contributed by atoms with van der Waals surface area (Å²) in [6.07, 6.45) is 1.04. The van der Waals surface area contributed by atoms with Gasteiger partial charge in [0.1, 0.15) is 11.6 Å². The number of carbonyl (C=O) groups excluding carboxylic acids is 1. The van der Waals surface area contributed by atoms with Crippen molar-refractivity contribution in [3.63, 3.8) is 0 Å². The zero-order chi connectivity index (χ0) is 30.2. The summed E-state index contributed by atoms with van der Waals surface area (Å²) in [5.41, 5.74) is 4.09. The average molecular weight is 606 g/mol. The molecule has 1 atom stereocenters. The molecular formula is C32H33ClFN5O4. The second-order valence-corrected chi connectivity index (χ2v) is 11.6. The Morgan fingerprint density at radius 1 is 1.05 bits per heavy atom. The van der Waals surface area contributed by atoms with E-state index >= 15 is 0 Å². The highest BCUT2D eigenvalue weighted by atomic mass is 35.5. The van der Waals surface area contributed by atoms with E-state index in [0.717, 1.165) is 35.4 Å². The first-order valence-electron chi connectivity index (χ1n) is 14.3. The molecule has 9 nitrogen and oxygen atoms in total. The van der Waals surface area contributed by atoms with Gasteiger partial charge in [-0.05, 0) is 67.4 Å². The van der Waals surface area contributed by atoms with Gasteiger partial charge in [0.2, 0.25) is 0 Å². The molecule has 3 heterocycles. The Kier molecular flexibility index (Phi) is 8.09. The molecule has 11 heteroatoms. The summed E-state index contributed by atoms with van der Waals surface area (Å²) < 4.78 is 22.6. The summed E-state index contributed by atoms with van der Waals surface area (Å²) in [6, 6.07) is 15.0. The molecule has 1 aromatic heterocycles. The fourth-order valence-corrected chi connectivity index (χ4v) is 6.03. The molecule has 0 unspecified atom stereocenters. The van der Waals surface area contributed by atoms with Gasteiger partial charge in [-0.3, -0.25) is 9.69 Å². The van der Waals surface area contributed by atoms with Gasteiger partial charge in [-0.1, -0.05) is 17.7 Å². The van der Waals surface area contributed by atoms with Crippen LogP contribution in [-0.4, -0.2) is 82.3 Å². The summed E-state index contributed by atoms with van der Waals surface area (Å²) in [4.78, 5) is 35.6. The third-order valence-corrected chi connectivity index (χ3v) is 8.60. The Labute approximate surface area is 254 Å². The van der Waals surface area contributed by atoms with Crippen LogP contribution in [0, 0.1) is 12.7 Å². The standard InChI is InChI=1S/C32H33ClFN5O4/c1-20-3-8-27(24(33)15-20)36(2)28-16-21(4-6-25(28)34)31(40)38-12-10-37(11-13-38)19-30-35-26-7-5-22(32(41)42)17-29(26)39(30)18-23-9-14-43-23/h3-8,15-17,23H,9-14,18-19H2,1-2H3,(H,41,42)/t23-/m0/s1. The monoisotopic (exact) mass is 605 g/mol. The first kappa shape index (κ1) is 29.1. The Morgan fingerprint density at radius 2 is 1.79 bits per heavy atom. The van der Waals surface area contributed by atoms with Gasteiger partial charge in [-0.15, -0.1) is 0 Å². The minimum Gasteiger partial charge on any atom is -0.478 e. The first-order chi connectivity index (χ1) is 20.7. The molecule has 0 radical (unpaired) electrons. The van der Waals surface area contributed by atoms with Gasteiger partial charge in [-0.2, -0.15) is 0 Å². The second-order valence-electron chi connectivity index (χ2n) is 11.2. The molecule has 3 aromatic carbocycles. The lowest BCUT2D eigenvalue weighted by Gasteiger charge is -2.35. The smallest absolute Gasteiger partial charge is 0.335 e. The number of carboxylic acid groups (broad SMARTS) is 1. The molecule has 0 aliphatic carbocycles. The predicted octanol–water partition coefficient (Wildman–Crippen LogP) is 5.35. The zero-order valence-corrected chi connectivity index (χ0v) is 24.9. The Morgan fingerprint density at radius 3 is 2.47 bits per heavy atom. The van der Waals surface area contributed by atoms with Crippen molar-refractivity contribution in [2.75, 3.05) is 44.7 Å². The van der Waals surface area contributed by atoms with Crippen molar-refractivity contribution in [3.8, 4) is 0 Å². The number of aromatic nitrogens is 2. The molecule has 0 bridgehead atoms. The number of amides is 1. The number of hydrogen-bond donors (Lipinski definition) is 1. The van der Waals surface area contributed by atoms with Gasteiger partial charge in [0.15, 0.2) is 0 Å². The number of ether oxygens (including phenoxy) is 1. The van der Waals surface area contributed by atoms with E-state index in [9.17, 15) is 19.1 Å². The second kappa shape index (κ2) is 11.9. The highest BCUT2D eigenvalue weighted by Gasteiger charge is 2.27. The summed E-state index contributed by atoms with van der Waals surface area (Å²) >= 11 is 6.43. The highest BCUT2D eigenvalue weighted by molar-refractivity contribution is 6.33. The van der Waals surface area contributed by atoms with Gasteiger partial charge in [-0.25, -0.2) is 14.2 Å². The van der Waals surface area contributed by atoms with Crippen molar-refractivity contribution in [3.05, 3.63) is 88.0 Å². The number of carboxylic acids is 1. The quantitative estimate of drug-likeness (QED) is 0.289. The SMILES string of the molecule is Cc1ccc(N(C)c2cc(C(=O)N3CCN(Cc4nc5ccc(C(=O)O)cc5n4C[C@@H]4CCO4)CC3)ccc2F)c(Cl)c1. The van der Waals surface area contributed by atoms with Crippen molar-refractivity contribution in [1.82, 2.24) is 19.4 Å². The van der Waals surface area contributed by atoms with Gasteiger partial charge < -0.3 is 24.2 Å². The van der Waals surface area contributed by atoms with Crippen LogP contribution >= 0.6 is 11.6 Å². The molecule has 0 saturated carbocycles. The van der Waals surface area contributed by atoms with E-state index in [1.165, 1.54) is 12.1 Å². The van der Waals surface area contributed by atoms with E-state index in [0.29, 0.717) is 55.5 Å². The lowest BCUT2D eigenvalue weighted by atomic mass is 10.1. The van der Waals surface area contributed by atoms with E-state index in [-0.39, 0.29) is 23.3 Å². The molecule has 2 aliphatic heterocycles. The number of benzene rings is 3. The molecule has 43 heavy (non-hydrogen) atoms. The van der Waals surface area contributed by atoms with Crippen molar-refractivity contribution in [2.45, 2.75) is 32.5 Å². The fraction of sp³-hybridized carbons (Fsp3) is 0.344. The zero-order valence-electron chi connectivity index (χ0n) is 24.1. The van der Waals surface area contributed by atoms with Crippen LogP contribution in [0.1, 0.15) is 38.5 Å². The Balaban J connectivity index is 1.15. The lowest BCUT2D eigenvalue weighted by Crippen LogP contribution is -2.48. The maximum atomic E-state index is 14.9. The number of aryl methyl sites for hydroxylation is 1. The number of fused-ring (bicyclic) bond motifs is 1. The summed E-state index contributed by atoms with van der Waals surface area (Å²) in [6.45, 7) is 6.16. The van der Waals surface area contributed by atoms with Gasteiger partial charge >= 0.3 is 5.97 Å². The number of anilines is 2. The average Bonchev–Trinajstić information content (AvgIpc) is 3.30. The summed E-state index contributed by atoms with van der Waals surface area (Å²) in [7, 11) is 1.73. The highest BCUT2D eigenvalue weighted by Crippen LogP contribution is 2.33. The van der Waals surface area contributed by atoms with Crippen LogP contribution in [0.25, 0.3) is 11.0 Å². The van der Waals surface area contributed by atoms with Crippen LogP contribution in [-0.2, 0) is 17.8 Å². The maximum Gasteiger partial charge on any atom is 0.335 e. The van der Waals surface area contributed by atoms with Crippen LogP contribution in [0.3, 0.4) is 0 Å². The third-order valence-electron chi connectivity index (χ3n) is 8.30. The van der Waals surface area contributed by atoms with E-state index in [1.807, 2.05) is 25.1 Å². The Hall–Kier alpha value is -3.99.